The number of halogens is 1. The summed E-state index contributed by atoms with van der Waals surface area (Å²) in [6.07, 6.45) is 0.868. The van der Waals surface area contributed by atoms with Gasteiger partial charge in [0, 0.05) is 6.04 Å². The molecule has 0 saturated carbocycles. The Balaban J connectivity index is 2.36. The first kappa shape index (κ1) is 13.8. The zero-order valence-electron chi connectivity index (χ0n) is 10.7. The van der Waals surface area contributed by atoms with Crippen LogP contribution in [0, 0.1) is 0 Å². The molecule has 19 heavy (non-hydrogen) atoms. The van der Waals surface area contributed by atoms with Crippen LogP contribution in [0.4, 0.5) is 5.82 Å². The summed E-state index contributed by atoms with van der Waals surface area (Å²) in [7, 11) is 0. The van der Waals surface area contributed by atoms with Gasteiger partial charge in [-0.15, -0.1) is 5.10 Å². The maximum absolute atomic E-state index is 10.7. The zero-order chi connectivity index (χ0) is 14.0. The lowest BCUT2D eigenvalue weighted by Crippen LogP contribution is -2.15. The first-order valence-corrected chi connectivity index (χ1v) is 6.83. The molecular weight excluding hydrogens is 312 g/mol. The summed E-state index contributed by atoms with van der Waals surface area (Å²) in [6.45, 7) is 4.17. The summed E-state index contributed by atoms with van der Waals surface area (Å²) in [6, 6.07) is 3.98. The van der Waals surface area contributed by atoms with E-state index in [0.29, 0.717) is 22.0 Å². The number of hydrogen-bond donors (Lipinski definition) is 2. The summed E-state index contributed by atoms with van der Waals surface area (Å²) < 4.78 is 2.18. The molecule has 0 saturated heterocycles. The van der Waals surface area contributed by atoms with Gasteiger partial charge in [-0.2, -0.15) is 0 Å². The fourth-order valence-electron chi connectivity index (χ4n) is 1.64. The Kier molecular flexibility index (Phi) is 4.04. The van der Waals surface area contributed by atoms with Crippen molar-refractivity contribution in [3.8, 4) is 0 Å². The van der Waals surface area contributed by atoms with Crippen molar-refractivity contribution in [3.05, 3.63) is 22.4 Å². The Morgan fingerprint density at radius 3 is 2.95 bits per heavy atom. The van der Waals surface area contributed by atoms with Crippen molar-refractivity contribution >= 4 is 33.4 Å². The van der Waals surface area contributed by atoms with Gasteiger partial charge in [-0.05, 0) is 41.4 Å². The van der Waals surface area contributed by atoms with Crippen molar-refractivity contribution in [1.82, 2.24) is 14.6 Å². The Morgan fingerprint density at radius 1 is 1.58 bits per heavy atom. The molecule has 102 valence electrons. The van der Waals surface area contributed by atoms with Crippen molar-refractivity contribution < 1.29 is 9.90 Å². The Bertz CT molecular complexity index is 611. The smallest absolute Gasteiger partial charge is 0.309 e. The number of carbonyl (C=O) groups is 1. The summed E-state index contributed by atoms with van der Waals surface area (Å²) in [5.74, 6) is -0.177. The number of hydrogen-bond acceptors (Lipinski definition) is 4. The van der Waals surface area contributed by atoms with Gasteiger partial charge in [0.2, 0.25) is 0 Å². The molecule has 1 atom stereocenters. The van der Waals surface area contributed by atoms with E-state index in [1.54, 1.807) is 4.52 Å². The highest BCUT2D eigenvalue weighted by atomic mass is 79.9. The van der Waals surface area contributed by atoms with Crippen LogP contribution in [0.15, 0.2) is 16.7 Å². The summed E-state index contributed by atoms with van der Waals surface area (Å²) in [5.41, 5.74) is 1.10. The van der Waals surface area contributed by atoms with Gasteiger partial charge in [0.05, 0.1) is 12.1 Å². The van der Waals surface area contributed by atoms with Crippen LogP contribution in [0.2, 0.25) is 0 Å². The van der Waals surface area contributed by atoms with Crippen LogP contribution < -0.4 is 5.32 Å². The zero-order valence-corrected chi connectivity index (χ0v) is 12.3. The van der Waals surface area contributed by atoms with E-state index in [0.717, 1.165) is 12.2 Å². The van der Waals surface area contributed by atoms with E-state index in [9.17, 15) is 4.79 Å². The molecule has 0 fully saturated rings. The fourth-order valence-corrected chi connectivity index (χ4v) is 2.13. The van der Waals surface area contributed by atoms with Gasteiger partial charge in [0.1, 0.15) is 10.4 Å². The van der Waals surface area contributed by atoms with Crippen LogP contribution in [0.1, 0.15) is 26.0 Å². The topological polar surface area (TPSA) is 79.5 Å². The highest BCUT2D eigenvalue weighted by Gasteiger charge is 2.14. The number of fused-ring (bicyclic) bond motifs is 1. The number of aromatic nitrogens is 3. The van der Waals surface area contributed by atoms with Crippen LogP contribution >= 0.6 is 15.9 Å². The molecule has 0 radical (unpaired) electrons. The van der Waals surface area contributed by atoms with E-state index in [1.807, 2.05) is 12.1 Å². The molecular formula is C12H15BrN4O2. The molecule has 6 nitrogen and oxygen atoms in total. The summed E-state index contributed by atoms with van der Waals surface area (Å²) in [4.78, 5) is 15.0. The molecule has 2 heterocycles. The maximum Gasteiger partial charge on any atom is 0.309 e. The minimum Gasteiger partial charge on any atom is -0.481 e. The number of rotatable bonds is 5. The number of imidazole rings is 1. The van der Waals surface area contributed by atoms with Crippen LogP contribution in [-0.2, 0) is 11.2 Å². The molecule has 7 heteroatoms. The van der Waals surface area contributed by atoms with Crippen LogP contribution in [0.25, 0.3) is 5.65 Å². The van der Waals surface area contributed by atoms with E-state index in [-0.39, 0.29) is 6.42 Å². The molecule has 2 N–H and O–H groups in total. The van der Waals surface area contributed by atoms with Crippen molar-refractivity contribution in [2.75, 3.05) is 5.32 Å². The molecule has 1 unspecified atom stereocenters. The molecule has 0 aromatic carbocycles. The van der Waals surface area contributed by atoms with Crippen LogP contribution in [0.3, 0.4) is 0 Å². The molecule has 2 aromatic heterocycles. The molecule has 0 aliphatic carbocycles. The predicted octanol–water partition coefficient (Wildman–Crippen LogP) is 2.33. The lowest BCUT2D eigenvalue weighted by Gasteiger charge is -2.11. The standard InChI is InChI=1S/C12H15BrN4O2/c1-3-7(2)14-9-4-5-10-15-8(6-11(18)19)12(13)17(10)16-9/h4-5,7H,3,6H2,1-2H3,(H,14,16)(H,18,19). The first-order valence-electron chi connectivity index (χ1n) is 6.03. The number of anilines is 1. The van der Waals surface area contributed by atoms with Gasteiger partial charge < -0.3 is 10.4 Å². The average molecular weight is 327 g/mol. The SMILES string of the molecule is CCC(C)Nc1ccc2nc(CC(=O)O)c(Br)n2n1. The molecule has 0 aliphatic rings. The number of carboxylic acid groups (broad SMARTS) is 1. The second-order valence-electron chi connectivity index (χ2n) is 4.36. The van der Waals surface area contributed by atoms with Gasteiger partial charge in [0.15, 0.2) is 5.65 Å². The third-order valence-corrected chi connectivity index (χ3v) is 3.61. The fraction of sp³-hybridized carbons (Fsp3) is 0.417. The predicted molar refractivity (Wildman–Crippen MR) is 75.4 cm³/mol. The minimum atomic E-state index is -0.915. The highest BCUT2D eigenvalue weighted by Crippen LogP contribution is 2.20. The van der Waals surface area contributed by atoms with E-state index < -0.39 is 5.97 Å². The van der Waals surface area contributed by atoms with Crippen molar-refractivity contribution in [1.29, 1.82) is 0 Å². The van der Waals surface area contributed by atoms with Crippen LogP contribution in [-0.4, -0.2) is 31.7 Å². The molecule has 0 spiro atoms. The lowest BCUT2D eigenvalue weighted by atomic mass is 10.2. The van der Waals surface area contributed by atoms with Gasteiger partial charge >= 0.3 is 5.97 Å². The van der Waals surface area contributed by atoms with Gasteiger partial charge in [0.25, 0.3) is 0 Å². The van der Waals surface area contributed by atoms with E-state index >= 15 is 0 Å². The average Bonchev–Trinajstić information content (AvgIpc) is 2.66. The van der Waals surface area contributed by atoms with E-state index in [1.165, 1.54) is 0 Å². The molecule has 0 aliphatic heterocycles. The molecule has 2 rings (SSSR count). The largest absolute Gasteiger partial charge is 0.481 e. The number of carboxylic acids is 1. The van der Waals surface area contributed by atoms with Crippen molar-refractivity contribution in [2.45, 2.75) is 32.7 Å². The number of nitrogens with one attached hydrogen (secondary N) is 1. The monoisotopic (exact) mass is 326 g/mol. The normalized spacial score (nSPS) is 12.6. The Morgan fingerprint density at radius 2 is 2.32 bits per heavy atom. The van der Waals surface area contributed by atoms with Crippen molar-refractivity contribution in [3.63, 3.8) is 0 Å². The van der Waals surface area contributed by atoms with Crippen molar-refractivity contribution in [2.24, 2.45) is 0 Å². The second kappa shape index (κ2) is 5.56. The lowest BCUT2D eigenvalue weighted by molar-refractivity contribution is -0.136. The van der Waals surface area contributed by atoms with E-state index in [2.05, 4.69) is 45.2 Å². The molecule has 0 bridgehead atoms. The quantitative estimate of drug-likeness (QED) is 0.881. The second-order valence-corrected chi connectivity index (χ2v) is 5.11. The minimum absolute atomic E-state index is 0.127. The van der Waals surface area contributed by atoms with E-state index in [4.69, 9.17) is 5.11 Å². The summed E-state index contributed by atoms with van der Waals surface area (Å²) >= 11 is 3.34. The third-order valence-electron chi connectivity index (χ3n) is 2.81. The van der Waals surface area contributed by atoms with Gasteiger partial charge in [-0.3, -0.25) is 4.79 Å². The van der Waals surface area contributed by atoms with Gasteiger partial charge in [-0.1, -0.05) is 6.92 Å². The maximum atomic E-state index is 10.7. The Hall–Kier alpha value is -1.63. The third kappa shape index (κ3) is 3.04. The molecule has 2 aromatic rings. The Labute approximate surface area is 119 Å². The summed E-state index contributed by atoms with van der Waals surface area (Å²) in [5, 5.41) is 16.5. The van der Waals surface area contributed by atoms with Gasteiger partial charge in [-0.25, -0.2) is 9.50 Å². The highest BCUT2D eigenvalue weighted by molar-refractivity contribution is 9.10. The van der Waals surface area contributed by atoms with Crippen LogP contribution in [0.5, 0.6) is 0 Å². The molecule has 0 amide bonds. The number of aliphatic carboxylic acids is 1. The first-order chi connectivity index (χ1) is 9.01. The number of nitrogens with zero attached hydrogens (tertiary/aromatic N) is 3.